The first-order valence-electron chi connectivity index (χ1n) is 12.5. The lowest BCUT2D eigenvalue weighted by Gasteiger charge is -2.59. The quantitative estimate of drug-likeness (QED) is 0.703. The Morgan fingerprint density at radius 1 is 1.22 bits per heavy atom. The second-order valence-corrected chi connectivity index (χ2v) is 13.1. The minimum atomic E-state index is -3.64. The molecule has 1 aliphatic heterocycles. The molecule has 8 heteroatoms. The van der Waals surface area contributed by atoms with Gasteiger partial charge in [-0.25, -0.2) is 8.42 Å². The van der Waals surface area contributed by atoms with Crippen LogP contribution in [0.4, 0.5) is 0 Å². The van der Waals surface area contributed by atoms with Crippen LogP contribution in [-0.4, -0.2) is 47.5 Å². The number of nitrogens with one attached hydrogen (secondary N) is 1. The van der Waals surface area contributed by atoms with Crippen molar-refractivity contribution in [1.29, 1.82) is 0 Å². The summed E-state index contributed by atoms with van der Waals surface area (Å²) in [5, 5.41) is 7.55. The molecule has 5 fully saturated rings. The van der Waals surface area contributed by atoms with Gasteiger partial charge in [0.25, 0.3) is 0 Å². The number of carbonyl (C=O) groups is 1. The fourth-order valence-electron chi connectivity index (χ4n) is 7.83. The highest BCUT2D eigenvalue weighted by Crippen LogP contribution is 2.61. The van der Waals surface area contributed by atoms with Crippen LogP contribution in [0.25, 0.3) is 0 Å². The van der Waals surface area contributed by atoms with Crippen LogP contribution < -0.4 is 5.32 Å². The van der Waals surface area contributed by atoms with Crippen molar-refractivity contribution in [2.24, 2.45) is 36.1 Å². The topological polar surface area (TPSA) is 84.3 Å². The van der Waals surface area contributed by atoms with E-state index in [1.807, 2.05) is 0 Å². The van der Waals surface area contributed by atoms with E-state index in [1.54, 1.807) is 18.7 Å². The van der Waals surface area contributed by atoms with Crippen LogP contribution in [0.2, 0.25) is 0 Å². The standard InChI is InChI=1S/C24H38N4O3S/c1-4-22(24-11-17-8-18(12-24)10-19(9-17)13-24)26-23(29)20-6-5-7-28(15-20)32(30,31)21-14-25-27(3)16(21)2/h14,17-20,22H,4-13,15H2,1-3H3,(H,26,29). The van der Waals surface area contributed by atoms with Crippen LogP contribution in [-0.2, 0) is 21.9 Å². The molecule has 4 bridgehead atoms. The van der Waals surface area contributed by atoms with Crippen molar-refractivity contribution in [2.45, 2.75) is 82.6 Å². The first kappa shape index (κ1) is 22.4. The molecule has 2 heterocycles. The Balaban J connectivity index is 1.29. The molecule has 2 unspecified atom stereocenters. The molecule has 4 saturated carbocycles. The molecule has 0 aromatic carbocycles. The third-order valence-corrected chi connectivity index (χ3v) is 11.1. The molecule has 1 aromatic heterocycles. The summed E-state index contributed by atoms with van der Waals surface area (Å²) in [5.74, 6) is 2.33. The van der Waals surface area contributed by atoms with Crippen LogP contribution in [0.3, 0.4) is 0 Å². The number of hydrogen-bond acceptors (Lipinski definition) is 4. The van der Waals surface area contributed by atoms with Crippen LogP contribution in [0.15, 0.2) is 11.1 Å². The molecular weight excluding hydrogens is 424 g/mol. The fraction of sp³-hybridized carbons (Fsp3) is 0.833. The zero-order valence-electron chi connectivity index (χ0n) is 19.7. The molecule has 1 N–H and O–H groups in total. The molecule has 0 spiro atoms. The van der Waals surface area contributed by atoms with Crippen molar-refractivity contribution in [3.05, 3.63) is 11.9 Å². The van der Waals surface area contributed by atoms with Gasteiger partial charge < -0.3 is 5.32 Å². The highest BCUT2D eigenvalue weighted by Gasteiger charge is 2.54. The molecular formula is C24H38N4O3S. The maximum atomic E-state index is 13.4. The van der Waals surface area contributed by atoms with Crippen molar-refractivity contribution >= 4 is 15.9 Å². The van der Waals surface area contributed by atoms with E-state index in [4.69, 9.17) is 0 Å². The Kier molecular flexibility index (Phi) is 5.68. The zero-order valence-corrected chi connectivity index (χ0v) is 20.5. The van der Waals surface area contributed by atoms with E-state index in [0.717, 1.165) is 30.6 Å². The third kappa shape index (κ3) is 3.71. The van der Waals surface area contributed by atoms with Gasteiger partial charge in [-0.2, -0.15) is 9.40 Å². The predicted molar refractivity (Wildman–Crippen MR) is 122 cm³/mol. The number of hydrogen-bond donors (Lipinski definition) is 1. The van der Waals surface area contributed by atoms with E-state index in [0.29, 0.717) is 18.7 Å². The van der Waals surface area contributed by atoms with Gasteiger partial charge in [0.05, 0.1) is 17.8 Å². The number of amides is 1. The van der Waals surface area contributed by atoms with Crippen LogP contribution in [0, 0.1) is 36.0 Å². The Labute approximate surface area is 192 Å². The van der Waals surface area contributed by atoms with Crippen LogP contribution >= 0.6 is 0 Å². The van der Waals surface area contributed by atoms with E-state index < -0.39 is 10.0 Å². The van der Waals surface area contributed by atoms with Crippen LogP contribution in [0.5, 0.6) is 0 Å². The van der Waals surface area contributed by atoms with Crippen molar-refractivity contribution < 1.29 is 13.2 Å². The normalized spacial score (nSPS) is 35.7. The first-order valence-corrected chi connectivity index (χ1v) is 13.9. The number of aromatic nitrogens is 2. The van der Waals surface area contributed by atoms with Crippen LogP contribution in [0.1, 0.15) is 70.4 Å². The SMILES string of the molecule is CCC(NC(=O)C1CCCN(S(=O)(=O)c2cnn(C)c2C)C1)C12CC3CC(CC(C3)C1)C2. The van der Waals surface area contributed by atoms with Gasteiger partial charge in [-0.1, -0.05) is 6.92 Å². The molecule has 1 aromatic rings. The Morgan fingerprint density at radius 2 is 1.84 bits per heavy atom. The monoisotopic (exact) mass is 462 g/mol. The minimum absolute atomic E-state index is 0.0513. The fourth-order valence-corrected chi connectivity index (χ4v) is 9.54. The highest BCUT2D eigenvalue weighted by molar-refractivity contribution is 7.89. The average molecular weight is 463 g/mol. The van der Waals surface area contributed by atoms with E-state index in [1.165, 1.54) is 49.0 Å². The van der Waals surface area contributed by atoms with Crippen molar-refractivity contribution in [1.82, 2.24) is 19.4 Å². The zero-order chi connectivity index (χ0) is 22.7. The Morgan fingerprint density at radius 3 is 2.38 bits per heavy atom. The number of piperidine rings is 1. The number of rotatable bonds is 6. The molecule has 4 aliphatic carbocycles. The molecule has 1 saturated heterocycles. The number of carbonyl (C=O) groups excluding carboxylic acids is 1. The van der Waals surface area contributed by atoms with Gasteiger partial charge in [0.1, 0.15) is 4.90 Å². The van der Waals surface area contributed by atoms with E-state index in [-0.39, 0.29) is 34.7 Å². The van der Waals surface area contributed by atoms with Gasteiger partial charge in [-0.3, -0.25) is 9.48 Å². The van der Waals surface area contributed by atoms with Gasteiger partial charge in [0.15, 0.2) is 0 Å². The summed E-state index contributed by atoms with van der Waals surface area (Å²) in [6.07, 6.45) is 11.8. The molecule has 32 heavy (non-hydrogen) atoms. The van der Waals surface area contributed by atoms with Gasteiger partial charge in [0, 0.05) is 26.2 Å². The molecule has 6 rings (SSSR count). The van der Waals surface area contributed by atoms with Crippen molar-refractivity contribution in [3.8, 4) is 0 Å². The van der Waals surface area contributed by atoms with Gasteiger partial charge >= 0.3 is 0 Å². The first-order chi connectivity index (χ1) is 15.2. The highest BCUT2D eigenvalue weighted by atomic mass is 32.2. The maximum absolute atomic E-state index is 13.4. The van der Waals surface area contributed by atoms with E-state index in [2.05, 4.69) is 17.3 Å². The smallest absolute Gasteiger partial charge is 0.246 e. The average Bonchev–Trinajstić information content (AvgIpc) is 3.10. The largest absolute Gasteiger partial charge is 0.353 e. The van der Waals surface area contributed by atoms with E-state index >= 15 is 0 Å². The molecule has 5 aliphatic rings. The lowest BCUT2D eigenvalue weighted by molar-refractivity contribution is -0.131. The summed E-state index contributed by atoms with van der Waals surface area (Å²) in [4.78, 5) is 13.6. The second kappa shape index (κ2) is 8.12. The number of sulfonamides is 1. The maximum Gasteiger partial charge on any atom is 0.246 e. The number of aryl methyl sites for hydroxylation is 1. The second-order valence-electron chi connectivity index (χ2n) is 11.2. The lowest BCUT2D eigenvalue weighted by atomic mass is 9.47. The van der Waals surface area contributed by atoms with Gasteiger partial charge in [-0.15, -0.1) is 0 Å². The summed E-state index contributed by atoms with van der Waals surface area (Å²) >= 11 is 0. The molecule has 0 radical (unpaired) electrons. The molecule has 7 nitrogen and oxygen atoms in total. The summed E-state index contributed by atoms with van der Waals surface area (Å²) in [6, 6.07) is 0.218. The minimum Gasteiger partial charge on any atom is -0.353 e. The lowest BCUT2D eigenvalue weighted by Crippen LogP contribution is -2.58. The third-order valence-electron chi connectivity index (χ3n) is 9.11. The van der Waals surface area contributed by atoms with Crippen molar-refractivity contribution in [2.75, 3.05) is 13.1 Å². The summed E-state index contributed by atoms with van der Waals surface area (Å²) in [5.41, 5.74) is 0.899. The summed E-state index contributed by atoms with van der Waals surface area (Å²) in [6.45, 7) is 4.70. The van der Waals surface area contributed by atoms with Crippen molar-refractivity contribution in [3.63, 3.8) is 0 Å². The van der Waals surface area contributed by atoms with E-state index in [9.17, 15) is 13.2 Å². The molecule has 1 amide bonds. The predicted octanol–water partition coefficient (Wildman–Crippen LogP) is 3.24. The molecule has 178 valence electrons. The molecule has 2 atom stereocenters. The Bertz CT molecular complexity index is 950. The Hall–Kier alpha value is -1.41. The van der Waals surface area contributed by atoms with Gasteiger partial charge in [-0.05, 0) is 87.9 Å². The van der Waals surface area contributed by atoms with Gasteiger partial charge in [0.2, 0.25) is 15.9 Å². The number of nitrogens with zero attached hydrogens (tertiary/aromatic N) is 3. The summed E-state index contributed by atoms with van der Waals surface area (Å²) in [7, 11) is -1.89. The summed E-state index contributed by atoms with van der Waals surface area (Å²) < 4.78 is 29.6.